The lowest BCUT2D eigenvalue weighted by atomic mass is 10.1. The molecule has 0 saturated carbocycles. The standard InChI is InChI=1S/C11H16N2O2/c1-7-3-4-9(5-10(7)12)11(15)13-6-8(2)14/h3-5,8,14H,6,12H2,1-2H3,(H,13,15)/t8-/m0/s1. The minimum Gasteiger partial charge on any atom is -0.398 e. The molecule has 82 valence electrons. The summed E-state index contributed by atoms with van der Waals surface area (Å²) in [5, 5.41) is 11.6. The highest BCUT2D eigenvalue weighted by molar-refractivity contribution is 5.95. The highest BCUT2D eigenvalue weighted by atomic mass is 16.3. The third-order valence-corrected chi connectivity index (χ3v) is 2.10. The van der Waals surface area contributed by atoms with Crippen LogP contribution < -0.4 is 11.1 Å². The molecule has 0 aliphatic carbocycles. The molecule has 0 unspecified atom stereocenters. The maximum atomic E-state index is 11.5. The van der Waals surface area contributed by atoms with Gasteiger partial charge in [0.2, 0.25) is 0 Å². The summed E-state index contributed by atoms with van der Waals surface area (Å²) in [5.74, 6) is -0.220. The van der Waals surface area contributed by atoms with Crippen molar-refractivity contribution in [1.82, 2.24) is 5.32 Å². The van der Waals surface area contributed by atoms with E-state index in [4.69, 9.17) is 10.8 Å². The molecular weight excluding hydrogens is 192 g/mol. The van der Waals surface area contributed by atoms with Gasteiger partial charge in [0.15, 0.2) is 0 Å². The van der Waals surface area contributed by atoms with Crippen LogP contribution in [-0.2, 0) is 0 Å². The van der Waals surface area contributed by atoms with Crippen LogP contribution in [0.1, 0.15) is 22.8 Å². The number of anilines is 1. The Bertz CT molecular complexity index is 362. The molecule has 0 heterocycles. The van der Waals surface area contributed by atoms with Gasteiger partial charge in [-0.3, -0.25) is 4.79 Å². The summed E-state index contributed by atoms with van der Waals surface area (Å²) >= 11 is 0. The molecule has 4 heteroatoms. The van der Waals surface area contributed by atoms with E-state index in [1.807, 2.05) is 6.92 Å². The molecule has 0 radical (unpaired) electrons. The average Bonchev–Trinajstić information content (AvgIpc) is 2.18. The minimum atomic E-state index is -0.545. The second-order valence-corrected chi connectivity index (χ2v) is 3.63. The van der Waals surface area contributed by atoms with Gasteiger partial charge in [0, 0.05) is 17.8 Å². The number of nitrogens with two attached hydrogens (primary N) is 1. The second-order valence-electron chi connectivity index (χ2n) is 3.63. The molecule has 1 aromatic carbocycles. The third-order valence-electron chi connectivity index (χ3n) is 2.10. The van der Waals surface area contributed by atoms with E-state index in [0.29, 0.717) is 11.3 Å². The molecule has 4 nitrogen and oxygen atoms in total. The van der Waals surface area contributed by atoms with Crippen LogP contribution in [0.15, 0.2) is 18.2 Å². The first kappa shape index (κ1) is 11.5. The van der Waals surface area contributed by atoms with Crippen molar-refractivity contribution in [3.63, 3.8) is 0 Å². The summed E-state index contributed by atoms with van der Waals surface area (Å²) in [7, 11) is 0. The molecule has 0 saturated heterocycles. The van der Waals surface area contributed by atoms with Crippen molar-refractivity contribution in [1.29, 1.82) is 0 Å². The van der Waals surface area contributed by atoms with Crippen LogP contribution in [0.4, 0.5) is 5.69 Å². The first-order valence-corrected chi connectivity index (χ1v) is 4.83. The maximum absolute atomic E-state index is 11.5. The van der Waals surface area contributed by atoms with E-state index in [-0.39, 0.29) is 12.5 Å². The lowest BCUT2D eigenvalue weighted by Crippen LogP contribution is -2.30. The molecular formula is C11H16N2O2. The van der Waals surface area contributed by atoms with E-state index in [1.165, 1.54) is 0 Å². The fraction of sp³-hybridized carbons (Fsp3) is 0.364. The summed E-state index contributed by atoms with van der Waals surface area (Å²) in [4.78, 5) is 11.5. The van der Waals surface area contributed by atoms with E-state index in [1.54, 1.807) is 25.1 Å². The number of carbonyl (C=O) groups excluding carboxylic acids is 1. The van der Waals surface area contributed by atoms with Gasteiger partial charge in [-0.2, -0.15) is 0 Å². The fourth-order valence-corrected chi connectivity index (χ4v) is 1.12. The molecule has 0 aliphatic rings. The Balaban J connectivity index is 2.70. The number of amides is 1. The number of nitrogen functional groups attached to an aromatic ring is 1. The molecule has 0 spiro atoms. The molecule has 0 bridgehead atoms. The van der Waals surface area contributed by atoms with E-state index >= 15 is 0 Å². The Hall–Kier alpha value is -1.55. The normalized spacial score (nSPS) is 12.2. The zero-order valence-electron chi connectivity index (χ0n) is 8.95. The topological polar surface area (TPSA) is 75.3 Å². The fourth-order valence-electron chi connectivity index (χ4n) is 1.12. The minimum absolute atomic E-state index is 0.220. The summed E-state index contributed by atoms with van der Waals surface area (Å²) in [6.45, 7) is 3.74. The predicted molar refractivity (Wildman–Crippen MR) is 59.6 cm³/mol. The van der Waals surface area contributed by atoms with Crippen LogP contribution in [0.5, 0.6) is 0 Å². The van der Waals surface area contributed by atoms with Crippen molar-refractivity contribution in [3.05, 3.63) is 29.3 Å². The molecule has 0 aliphatic heterocycles. The van der Waals surface area contributed by atoms with Crippen molar-refractivity contribution >= 4 is 11.6 Å². The van der Waals surface area contributed by atoms with Crippen molar-refractivity contribution in [2.45, 2.75) is 20.0 Å². The molecule has 0 fully saturated rings. The van der Waals surface area contributed by atoms with Crippen molar-refractivity contribution in [2.24, 2.45) is 0 Å². The number of aliphatic hydroxyl groups is 1. The predicted octanol–water partition coefficient (Wildman–Crippen LogP) is 0.688. The average molecular weight is 208 g/mol. The number of carbonyl (C=O) groups is 1. The first-order chi connectivity index (χ1) is 7.00. The van der Waals surface area contributed by atoms with Gasteiger partial charge in [0.05, 0.1) is 6.10 Å². The number of hydrogen-bond acceptors (Lipinski definition) is 3. The number of nitrogens with one attached hydrogen (secondary N) is 1. The highest BCUT2D eigenvalue weighted by Crippen LogP contribution is 2.12. The van der Waals surface area contributed by atoms with Crippen LogP contribution in [0, 0.1) is 6.92 Å². The lowest BCUT2D eigenvalue weighted by molar-refractivity contribution is 0.0924. The second kappa shape index (κ2) is 4.79. The van der Waals surface area contributed by atoms with Gasteiger partial charge in [0.1, 0.15) is 0 Å². The van der Waals surface area contributed by atoms with Gasteiger partial charge >= 0.3 is 0 Å². The summed E-state index contributed by atoms with van der Waals surface area (Å²) in [5.41, 5.74) is 7.74. The maximum Gasteiger partial charge on any atom is 0.251 e. The molecule has 0 aromatic heterocycles. The van der Waals surface area contributed by atoms with Crippen LogP contribution >= 0.6 is 0 Å². The van der Waals surface area contributed by atoms with E-state index < -0.39 is 6.10 Å². The first-order valence-electron chi connectivity index (χ1n) is 4.83. The van der Waals surface area contributed by atoms with Gasteiger partial charge < -0.3 is 16.2 Å². The number of aryl methyl sites for hydroxylation is 1. The van der Waals surface area contributed by atoms with Crippen LogP contribution in [0.2, 0.25) is 0 Å². The number of aliphatic hydroxyl groups excluding tert-OH is 1. The van der Waals surface area contributed by atoms with Crippen molar-refractivity contribution in [3.8, 4) is 0 Å². The Morgan fingerprint density at radius 3 is 2.80 bits per heavy atom. The Morgan fingerprint density at radius 1 is 1.60 bits per heavy atom. The molecule has 1 rings (SSSR count). The Kier molecular flexibility index (Phi) is 3.68. The summed E-state index contributed by atoms with van der Waals surface area (Å²) in [6.07, 6.45) is -0.545. The SMILES string of the molecule is Cc1ccc(C(=O)NC[C@H](C)O)cc1N. The smallest absolute Gasteiger partial charge is 0.251 e. The molecule has 4 N–H and O–H groups in total. The number of rotatable bonds is 3. The molecule has 15 heavy (non-hydrogen) atoms. The largest absolute Gasteiger partial charge is 0.398 e. The zero-order valence-corrected chi connectivity index (χ0v) is 8.95. The van der Waals surface area contributed by atoms with Crippen molar-refractivity contribution in [2.75, 3.05) is 12.3 Å². The van der Waals surface area contributed by atoms with Gasteiger partial charge in [-0.05, 0) is 31.5 Å². The van der Waals surface area contributed by atoms with Crippen molar-refractivity contribution < 1.29 is 9.90 Å². The Morgan fingerprint density at radius 2 is 2.27 bits per heavy atom. The monoisotopic (exact) mass is 208 g/mol. The number of hydrogen-bond donors (Lipinski definition) is 3. The zero-order chi connectivity index (χ0) is 11.4. The van der Waals surface area contributed by atoms with Gasteiger partial charge in [-0.15, -0.1) is 0 Å². The molecule has 1 atom stereocenters. The van der Waals surface area contributed by atoms with Crippen LogP contribution in [-0.4, -0.2) is 23.7 Å². The van der Waals surface area contributed by atoms with Gasteiger partial charge in [-0.25, -0.2) is 0 Å². The van der Waals surface area contributed by atoms with Crippen LogP contribution in [0.25, 0.3) is 0 Å². The summed E-state index contributed by atoms with van der Waals surface area (Å²) < 4.78 is 0. The Labute approximate surface area is 89.1 Å². The third kappa shape index (κ3) is 3.25. The van der Waals surface area contributed by atoms with E-state index in [9.17, 15) is 4.79 Å². The van der Waals surface area contributed by atoms with Gasteiger partial charge in [-0.1, -0.05) is 6.07 Å². The van der Waals surface area contributed by atoms with Gasteiger partial charge in [0.25, 0.3) is 5.91 Å². The molecule has 1 aromatic rings. The van der Waals surface area contributed by atoms with E-state index in [2.05, 4.69) is 5.32 Å². The van der Waals surface area contributed by atoms with Crippen LogP contribution in [0.3, 0.4) is 0 Å². The quantitative estimate of drug-likeness (QED) is 0.640. The summed E-state index contributed by atoms with van der Waals surface area (Å²) in [6, 6.07) is 5.14. The number of benzene rings is 1. The molecule has 1 amide bonds. The lowest BCUT2D eigenvalue weighted by Gasteiger charge is -2.08. The van der Waals surface area contributed by atoms with E-state index in [0.717, 1.165) is 5.56 Å². The highest BCUT2D eigenvalue weighted by Gasteiger charge is 2.07.